The van der Waals surface area contributed by atoms with Crippen LogP contribution < -0.4 is 15.2 Å². The van der Waals surface area contributed by atoms with Gasteiger partial charge in [-0.25, -0.2) is 4.79 Å². The molecule has 0 unspecified atom stereocenters. The van der Waals surface area contributed by atoms with Crippen molar-refractivity contribution in [2.24, 2.45) is 7.05 Å². The normalized spacial score (nSPS) is 10.8. The third-order valence-corrected chi connectivity index (χ3v) is 5.06. The number of hydrogen-bond donors (Lipinski definition) is 0. The largest absolute Gasteiger partial charge is 0.493 e. The van der Waals surface area contributed by atoms with Gasteiger partial charge in [-0.05, 0) is 66.2 Å². The van der Waals surface area contributed by atoms with E-state index in [2.05, 4.69) is 15.4 Å². The van der Waals surface area contributed by atoms with Crippen molar-refractivity contribution in [3.05, 3.63) is 81.9 Å². The predicted octanol–water partition coefficient (Wildman–Crippen LogP) is 3.23. The maximum atomic E-state index is 12.3. The summed E-state index contributed by atoms with van der Waals surface area (Å²) in [6.45, 7) is 4.16. The van der Waals surface area contributed by atoms with Crippen LogP contribution in [0.4, 0.5) is 0 Å². The molecule has 2 aromatic heterocycles. The van der Waals surface area contributed by atoms with Gasteiger partial charge in [-0.3, -0.25) is 4.98 Å². The smallest absolute Gasteiger partial charge is 0.368 e. The maximum absolute atomic E-state index is 12.3. The molecular formula is C23H23N5O3. The summed E-state index contributed by atoms with van der Waals surface area (Å²) in [5, 5.41) is 7.76. The van der Waals surface area contributed by atoms with E-state index in [0.29, 0.717) is 17.2 Å². The number of aromatic nitrogens is 5. The number of methoxy groups -OCH3 is 1. The summed E-state index contributed by atoms with van der Waals surface area (Å²) in [7, 11) is 3.17. The predicted molar refractivity (Wildman–Crippen MR) is 117 cm³/mol. The van der Waals surface area contributed by atoms with Gasteiger partial charge >= 0.3 is 5.69 Å². The van der Waals surface area contributed by atoms with Gasteiger partial charge in [-0.2, -0.15) is 9.36 Å². The molecule has 0 bridgehead atoms. The molecule has 0 N–H and O–H groups in total. The lowest BCUT2D eigenvalue weighted by molar-refractivity contribution is 0.283. The van der Waals surface area contributed by atoms with Gasteiger partial charge < -0.3 is 9.47 Å². The van der Waals surface area contributed by atoms with Gasteiger partial charge in [0.2, 0.25) is 0 Å². The van der Waals surface area contributed by atoms with Gasteiger partial charge in [0.1, 0.15) is 6.61 Å². The number of pyridine rings is 1. The molecule has 2 aromatic carbocycles. The number of ether oxygens (including phenoxy) is 2. The van der Waals surface area contributed by atoms with Crippen LogP contribution in [0.3, 0.4) is 0 Å². The zero-order chi connectivity index (χ0) is 22.0. The highest BCUT2D eigenvalue weighted by Gasteiger charge is 2.15. The number of benzene rings is 2. The molecule has 0 amide bonds. The Labute approximate surface area is 179 Å². The van der Waals surface area contributed by atoms with E-state index < -0.39 is 0 Å². The Bertz CT molecular complexity index is 1290. The molecule has 0 saturated carbocycles. The van der Waals surface area contributed by atoms with Gasteiger partial charge in [0.05, 0.1) is 18.5 Å². The Morgan fingerprint density at radius 2 is 1.77 bits per heavy atom. The first-order valence-electron chi connectivity index (χ1n) is 9.80. The van der Waals surface area contributed by atoms with E-state index in [1.807, 2.05) is 68.4 Å². The lowest BCUT2D eigenvalue weighted by Gasteiger charge is -2.15. The molecule has 4 aromatic rings. The molecule has 158 valence electrons. The van der Waals surface area contributed by atoms with Crippen LogP contribution in [-0.4, -0.2) is 31.9 Å². The van der Waals surface area contributed by atoms with Crippen LogP contribution in [0.1, 0.15) is 16.8 Å². The lowest BCUT2D eigenvalue weighted by atomic mass is 10.1. The number of rotatable bonds is 6. The summed E-state index contributed by atoms with van der Waals surface area (Å²) in [6.07, 6.45) is 0. The second kappa shape index (κ2) is 8.43. The fraction of sp³-hybridized carbons (Fsp3) is 0.217. The monoisotopic (exact) mass is 417 g/mol. The van der Waals surface area contributed by atoms with Gasteiger partial charge in [-0.15, -0.1) is 0 Å². The molecule has 0 fully saturated rings. The molecule has 0 atom stereocenters. The van der Waals surface area contributed by atoms with Crippen molar-refractivity contribution in [2.75, 3.05) is 7.11 Å². The Morgan fingerprint density at radius 1 is 0.968 bits per heavy atom. The summed E-state index contributed by atoms with van der Waals surface area (Å²) in [4.78, 5) is 16.9. The van der Waals surface area contributed by atoms with Gasteiger partial charge in [-0.1, -0.05) is 18.2 Å². The van der Waals surface area contributed by atoms with Crippen molar-refractivity contribution in [3.63, 3.8) is 0 Å². The first-order chi connectivity index (χ1) is 15.0. The quantitative estimate of drug-likeness (QED) is 0.479. The Kier molecular flexibility index (Phi) is 5.53. The fourth-order valence-corrected chi connectivity index (χ4v) is 3.34. The minimum absolute atomic E-state index is 0.240. The first-order valence-corrected chi connectivity index (χ1v) is 9.80. The summed E-state index contributed by atoms with van der Waals surface area (Å²) in [5.41, 5.74) is 4.90. The molecule has 4 rings (SSSR count). The standard InChI is InChI=1S/C23H23N5O3/c1-15-7-5-10-20(28-23(29)27(3)25-26-28)18(15)14-31-21-12-11-17(13-22(21)30-4)19-9-6-8-16(2)24-19/h5-13H,14H2,1-4H3. The van der Waals surface area contributed by atoms with Crippen LogP contribution in [0.2, 0.25) is 0 Å². The van der Waals surface area contributed by atoms with Gasteiger partial charge in [0.25, 0.3) is 0 Å². The first kappa shape index (κ1) is 20.3. The zero-order valence-electron chi connectivity index (χ0n) is 17.9. The summed E-state index contributed by atoms with van der Waals surface area (Å²) < 4.78 is 14.1. The van der Waals surface area contributed by atoms with Gasteiger partial charge in [0, 0.05) is 23.9 Å². The Balaban J connectivity index is 1.64. The lowest BCUT2D eigenvalue weighted by Crippen LogP contribution is -2.23. The van der Waals surface area contributed by atoms with E-state index in [0.717, 1.165) is 28.1 Å². The molecule has 31 heavy (non-hydrogen) atoms. The van der Waals surface area contributed by atoms with E-state index in [-0.39, 0.29) is 12.3 Å². The van der Waals surface area contributed by atoms with E-state index in [9.17, 15) is 4.79 Å². The third-order valence-electron chi connectivity index (χ3n) is 5.06. The molecule has 8 nitrogen and oxygen atoms in total. The molecule has 2 heterocycles. The minimum Gasteiger partial charge on any atom is -0.493 e. The molecule has 0 radical (unpaired) electrons. The number of aryl methyl sites for hydroxylation is 3. The van der Waals surface area contributed by atoms with E-state index in [4.69, 9.17) is 9.47 Å². The number of tetrazole rings is 1. The van der Waals surface area contributed by atoms with Crippen LogP contribution in [0, 0.1) is 13.8 Å². The van der Waals surface area contributed by atoms with Crippen LogP contribution in [0.25, 0.3) is 16.9 Å². The van der Waals surface area contributed by atoms with E-state index >= 15 is 0 Å². The van der Waals surface area contributed by atoms with Crippen molar-refractivity contribution in [3.8, 4) is 28.4 Å². The van der Waals surface area contributed by atoms with E-state index in [1.54, 1.807) is 14.2 Å². The molecule has 0 aliphatic heterocycles. The molecular weight excluding hydrogens is 394 g/mol. The topological polar surface area (TPSA) is 84.1 Å². The zero-order valence-corrected chi connectivity index (χ0v) is 17.9. The average molecular weight is 417 g/mol. The molecule has 0 aliphatic rings. The molecule has 0 saturated heterocycles. The van der Waals surface area contributed by atoms with E-state index in [1.165, 1.54) is 9.36 Å². The van der Waals surface area contributed by atoms with Crippen molar-refractivity contribution >= 4 is 0 Å². The highest BCUT2D eigenvalue weighted by molar-refractivity contribution is 5.64. The van der Waals surface area contributed by atoms with Crippen LogP contribution in [0.5, 0.6) is 11.5 Å². The Hall–Kier alpha value is -3.94. The number of hydrogen-bond acceptors (Lipinski definition) is 6. The average Bonchev–Trinajstić information content (AvgIpc) is 3.11. The van der Waals surface area contributed by atoms with Crippen molar-refractivity contribution in [1.82, 2.24) is 24.8 Å². The minimum atomic E-state index is -0.320. The fourth-order valence-electron chi connectivity index (χ4n) is 3.34. The molecule has 8 heteroatoms. The Morgan fingerprint density at radius 3 is 2.48 bits per heavy atom. The SMILES string of the molecule is COc1cc(-c2cccc(C)n2)ccc1OCc1c(C)cccc1-n1nnn(C)c1=O. The second-order valence-electron chi connectivity index (χ2n) is 7.19. The number of nitrogens with zero attached hydrogens (tertiary/aromatic N) is 5. The van der Waals surface area contributed by atoms with Crippen LogP contribution in [0.15, 0.2) is 59.4 Å². The molecule has 0 aliphatic carbocycles. The maximum Gasteiger partial charge on any atom is 0.368 e. The van der Waals surface area contributed by atoms with Crippen molar-refractivity contribution in [1.29, 1.82) is 0 Å². The molecule has 0 spiro atoms. The van der Waals surface area contributed by atoms with Crippen LogP contribution >= 0.6 is 0 Å². The van der Waals surface area contributed by atoms with Crippen LogP contribution in [-0.2, 0) is 13.7 Å². The second-order valence-corrected chi connectivity index (χ2v) is 7.19. The summed E-state index contributed by atoms with van der Waals surface area (Å²) >= 11 is 0. The van der Waals surface area contributed by atoms with Crippen molar-refractivity contribution < 1.29 is 9.47 Å². The highest BCUT2D eigenvalue weighted by atomic mass is 16.5. The third kappa shape index (κ3) is 4.05. The summed E-state index contributed by atoms with van der Waals surface area (Å²) in [5.74, 6) is 1.20. The van der Waals surface area contributed by atoms with Crippen molar-refractivity contribution in [2.45, 2.75) is 20.5 Å². The van der Waals surface area contributed by atoms with Gasteiger partial charge in [0.15, 0.2) is 11.5 Å². The summed E-state index contributed by atoms with van der Waals surface area (Å²) in [6, 6.07) is 17.3. The highest BCUT2D eigenvalue weighted by Crippen LogP contribution is 2.33.